The maximum absolute atomic E-state index is 11.6. The number of nitrogens with one attached hydrogen (secondary N) is 1. The Bertz CT molecular complexity index is 603. The smallest absolute Gasteiger partial charge is 0.303 e. The third-order valence-corrected chi connectivity index (χ3v) is 10.2. The molecule has 3 nitrogen and oxygen atoms in total. The molecular weight excluding hydrogens is 310 g/mol. The van der Waals surface area contributed by atoms with E-state index in [9.17, 15) is 9.90 Å². The number of carbonyl (C=O) groups is 1. The van der Waals surface area contributed by atoms with Crippen LogP contribution >= 0.6 is 0 Å². The Labute approximate surface area is 152 Å². The highest BCUT2D eigenvalue weighted by molar-refractivity contribution is 5.66. The van der Waals surface area contributed by atoms with E-state index < -0.39 is 5.97 Å². The lowest BCUT2D eigenvalue weighted by Crippen LogP contribution is -2.80. The fraction of sp³-hybridized carbons (Fsp3) is 0.955. The van der Waals surface area contributed by atoms with Crippen LogP contribution in [0.4, 0.5) is 0 Å². The van der Waals surface area contributed by atoms with Gasteiger partial charge in [0.1, 0.15) is 0 Å². The van der Waals surface area contributed by atoms with Gasteiger partial charge < -0.3 is 10.4 Å². The number of piperidine rings is 2. The Balaban J connectivity index is 1.68. The van der Waals surface area contributed by atoms with E-state index in [1.54, 1.807) is 0 Å². The molecule has 8 atom stereocenters. The number of carboxylic acids is 1. The van der Waals surface area contributed by atoms with Gasteiger partial charge in [-0.25, -0.2) is 0 Å². The summed E-state index contributed by atoms with van der Waals surface area (Å²) in [5, 5.41) is 13.8. The third kappa shape index (κ3) is 1.71. The van der Waals surface area contributed by atoms with Crippen molar-refractivity contribution in [3.8, 4) is 0 Å². The lowest BCUT2D eigenvalue weighted by Gasteiger charge is -2.76. The quantitative estimate of drug-likeness (QED) is 0.791. The van der Waals surface area contributed by atoms with Crippen molar-refractivity contribution in [3.05, 3.63) is 0 Å². The van der Waals surface area contributed by atoms with Crippen molar-refractivity contribution in [1.29, 1.82) is 0 Å². The molecule has 140 valence electrons. The van der Waals surface area contributed by atoms with Crippen molar-refractivity contribution in [2.45, 2.75) is 90.6 Å². The molecule has 6 rings (SSSR count). The molecular formula is C22H35NO2. The van der Waals surface area contributed by atoms with Gasteiger partial charge in [-0.05, 0) is 84.9 Å². The van der Waals surface area contributed by atoms with Crippen LogP contribution in [-0.2, 0) is 4.79 Å². The molecule has 0 aromatic heterocycles. The molecule has 0 aromatic carbocycles. The van der Waals surface area contributed by atoms with Crippen LogP contribution in [0.25, 0.3) is 0 Å². The van der Waals surface area contributed by atoms with Crippen molar-refractivity contribution in [2.24, 2.45) is 39.9 Å². The summed E-state index contributed by atoms with van der Waals surface area (Å²) in [7, 11) is 0. The zero-order chi connectivity index (χ0) is 17.6. The monoisotopic (exact) mass is 345 g/mol. The lowest BCUT2D eigenvalue weighted by atomic mass is 9.33. The summed E-state index contributed by atoms with van der Waals surface area (Å²) in [6.45, 7) is 7.37. The minimum Gasteiger partial charge on any atom is -0.481 e. The topological polar surface area (TPSA) is 49.3 Å². The minimum absolute atomic E-state index is 0.227. The second-order valence-electron chi connectivity index (χ2n) is 10.7. The maximum atomic E-state index is 11.6. The van der Waals surface area contributed by atoms with Gasteiger partial charge in [-0.3, -0.25) is 4.79 Å². The molecule has 2 aliphatic heterocycles. The first-order valence-corrected chi connectivity index (χ1v) is 10.8. The molecule has 2 N–H and O–H groups in total. The van der Waals surface area contributed by atoms with Crippen molar-refractivity contribution in [1.82, 2.24) is 5.32 Å². The molecule has 2 saturated heterocycles. The van der Waals surface area contributed by atoms with E-state index in [-0.39, 0.29) is 5.41 Å². The Kier molecular flexibility index (Phi) is 3.34. The Morgan fingerprint density at radius 2 is 1.96 bits per heavy atom. The molecule has 4 aliphatic carbocycles. The molecule has 3 unspecified atom stereocenters. The lowest BCUT2D eigenvalue weighted by molar-refractivity contribution is -0.247. The molecule has 4 saturated carbocycles. The summed E-state index contributed by atoms with van der Waals surface area (Å²) in [6, 6.07) is 1.28. The summed E-state index contributed by atoms with van der Waals surface area (Å²) in [4.78, 5) is 11.6. The van der Waals surface area contributed by atoms with E-state index in [4.69, 9.17) is 0 Å². The zero-order valence-electron chi connectivity index (χ0n) is 16.2. The van der Waals surface area contributed by atoms with Gasteiger partial charge in [-0.2, -0.15) is 0 Å². The number of hydrogen-bond acceptors (Lipinski definition) is 2. The number of rotatable bonds is 4. The third-order valence-electron chi connectivity index (χ3n) is 10.2. The van der Waals surface area contributed by atoms with Gasteiger partial charge in [0.2, 0.25) is 0 Å². The Morgan fingerprint density at radius 1 is 1.16 bits per heavy atom. The van der Waals surface area contributed by atoms with Crippen LogP contribution in [0.1, 0.15) is 78.6 Å². The van der Waals surface area contributed by atoms with Crippen LogP contribution in [0, 0.1) is 39.9 Å². The standard InChI is InChI=1S/C22H35NO2/c1-13(2)14-6-10-20(3)15-7-11-21-9-4-5-16(21)22(20,12-8-17(24)25)18(14)23-19(15)21/h13-16,18-19,23H,4-12H2,1-3H3,(H,24,25)/t14-,15-,16?,18?,19?,20+,21-,22+/m1/s1. The summed E-state index contributed by atoms with van der Waals surface area (Å²) >= 11 is 0. The van der Waals surface area contributed by atoms with Crippen molar-refractivity contribution >= 4 is 5.97 Å². The fourth-order valence-corrected chi connectivity index (χ4v) is 9.52. The van der Waals surface area contributed by atoms with E-state index in [0.29, 0.717) is 29.2 Å². The van der Waals surface area contributed by atoms with Crippen LogP contribution < -0.4 is 5.32 Å². The highest BCUT2D eigenvalue weighted by Crippen LogP contribution is 2.80. The Morgan fingerprint density at radius 3 is 2.68 bits per heavy atom. The van der Waals surface area contributed by atoms with Crippen LogP contribution in [0.2, 0.25) is 0 Å². The molecule has 6 fully saturated rings. The number of carboxylic acid groups (broad SMARTS) is 1. The molecule has 6 bridgehead atoms. The normalized spacial score (nSPS) is 55.6. The molecule has 25 heavy (non-hydrogen) atoms. The predicted molar refractivity (Wildman–Crippen MR) is 98.2 cm³/mol. The fourth-order valence-electron chi connectivity index (χ4n) is 9.52. The van der Waals surface area contributed by atoms with E-state index in [2.05, 4.69) is 26.1 Å². The molecule has 0 amide bonds. The average Bonchev–Trinajstić information content (AvgIpc) is 3.12. The number of hydrogen-bond donors (Lipinski definition) is 2. The van der Waals surface area contributed by atoms with Crippen molar-refractivity contribution in [2.75, 3.05) is 0 Å². The molecule has 6 aliphatic rings. The van der Waals surface area contributed by atoms with Gasteiger partial charge in [0.25, 0.3) is 0 Å². The first-order valence-electron chi connectivity index (χ1n) is 10.8. The maximum Gasteiger partial charge on any atom is 0.303 e. The zero-order valence-corrected chi connectivity index (χ0v) is 16.2. The molecule has 0 radical (unpaired) electrons. The van der Waals surface area contributed by atoms with Crippen LogP contribution in [-0.4, -0.2) is 23.2 Å². The van der Waals surface area contributed by atoms with Gasteiger partial charge >= 0.3 is 5.97 Å². The molecule has 0 aromatic rings. The van der Waals surface area contributed by atoms with E-state index >= 15 is 0 Å². The molecule has 3 heteroatoms. The predicted octanol–water partition coefficient (Wildman–Crippen LogP) is 4.46. The molecule has 1 spiro atoms. The van der Waals surface area contributed by atoms with E-state index in [0.717, 1.165) is 30.2 Å². The van der Waals surface area contributed by atoms with Gasteiger partial charge in [-0.15, -0.1) is 0 Å². The van der Waals surface area contributed by atoms with E-state index in [1.165, 1.54) is 44.9 Å². The van der Waals surface area contributed by atoms with Crippen LogP contribution in [0.3, 0.4) is 0 Å². The highest BCUT2D eigenvalue weighted by Gasteiger charge is 2.79. The van der Waals surface area contributed by atoms with Gasteiger partial charge in [0, 0.05) is 18.5 Å². The summed E-state index contributed by atoms with van der Waals surface area (Å²) < 4.78 is 0. The minimum atomic E-state index is -0.593. The SMILES string of the molecule is CC(C)[C@H]1CC[C@@]2(C)[C@@H]3CC[C@]45CCCC4[C@@]2(CCC(=O)O)C1NC35. The van der Waals surface area contributed by atoms with Crippen molar-refractivity contribution < 1.29 is 9.90 Å². The largest absolute Gasteiger partial charge is 0.481 e. The van der Waals surface area contributed by atoms with Crippen molar-refractivity contribution in [3.63, 3.8) is 0 Å². The van der Waals surface area contributed by atoms with E-state index in [1.807, 2.05) is 0 Å². The first kappa shape index (κ1) is 16.6. The van der Waals surface area contributed by atoms with Crippen LogP contribution in [0.15, 0.2) is 0 Å². The average molecular weight is 346 g/mol. The van der Waals surface area contributed by atoms with Crippen LogP contribution in [0.5, 0.6) is 0 Å². The summed E-state index contributed by atoms with van der Waals surface area (Å²) in [6.07, 6.45) is 10.9. The van der Waals surface area contributed by atoms with Gasteiger partial charge in [0.05, 0.1) is 0 Å². The van der Waals surface area contributed by atoms with Gasteiger partial charge in [0.15, 0.2) is 0 Å². The number of aliphatic carboxylic acids is 1. The Hall–Kier alpha value is -0.570. The highest BCUT2D eigenvalue weighted by atomic mass is 16.4. The van der Waals surface area contributed by atoms with Gasteiger partial charge in [-0.1, -0.05) is 27.2 Å². The second kappa shape index (κ2) is 5.03. The summed E-state index contributed by atoms with van der Waals surface area (Å²) in [5.41, 5.74) is 1.10. The molecule has 2 heterocycles. The first-order chi connectivity index (χ1) is 11.9. The second-order valence-corrected chi connectivity index (χ2v) is 10.7. The summed E-state index contributed by atoms with van der Waals surface area (Å²) in [5.74, 6) is 2.39.